The third kappa shape index (κ3) is 1.89. The predicted octanol–water partition coefficient (Wildman–Crippen LogP) is 3.13. The predicted molar refractivity (Wildman–Crippen MR) is 68.1 cm³/mol. The van der Waals surface area contributed by atoms with Crippen molar-refractivity contribution in [2.45, 2.75) is 6.54 Å². The lowest BCUT2D eigenvalue weighted by Gasteiger charge is -2.02. The van der Waals surface area contributed by atoms with Gasteiger partial charge in [-0.25, -0.2) is 0 Å². The summed E-state index contributed by atoms with van der Waals surface area (Å²) in [7, 11) is 0. The van der Waals surface area contributed by atoms with Crippen molar-refractivity contribution in [1.82, 2.24) is 14.8 Å². The number of hydrogen-bond acceptors (Lipinski definition) is 2. The molecule has 1 aromatic carbocycles. The van der Waals surface area contributed by atoms with Crippen molar-refractivity contribution >= 4 is 22.5 Å². The van der Waals surface area contributed by atoms with Crippen LogP contribution in [0.4, 0.5) is 0 Å². The molecule has 0 fully saturated rings. The van der Waals surface area contributed by atoms with Gasteiger partial charge in [0.2, 0.25) is 0 Å². The van der Waals surface area contributed by atoms with E-state index in [2.05, 4.69) is 10.1 Å². The maximum atomic E-state index is 6.10. The third-order valence-corrected chi connectivity index (χ3v) is 2.95. The molecule has 0 aliphatic carbocycles. The molecule has 0 aliphatic heterocycles. The molecule has 17 heavy (non-hydrogen) atoms. The molecule has 3 nitrogen and oxygen atoms in total. The Labute approximate surface area is 104 Å². The van der Waals surface area contributed by atoms with Crippen molar-refractivity contribution in [3.05, 3.63) is 59.5 Å². The van der Waals surface area contributed by atoms with Gasteiger partial charge in [-0.15, -0.1) is 0 Å². The van der Waals surface area contributed by atoms with Gasteiger partial charge in [-0.2, -0.15) is 5.10 Å². The van der Waals surface area contributed by atoms with Crippen molar-refractivity contribution in [3.8, 4) is 0 Å². The molecule has 0 radical (unpaired) electrons. The Kier molecular flexibility index (Phi) is 2.53. The van der Waals surface area contributed by atoms with Gasteiger partial charge >= 0.3 is 0 Å². The summed E-state index contributed by atoms with van der Waals surface area (Å²) in [4.78, 5) is 4.09. The van der Waals surface area contributed by atoms with E-state index < -0.39 is 0 Å². The Morgan fingerprint density at radius 3 is 2.82 bits per heavy atom. The first kappa shape index (κ1) is 10.3. The van der Waals surface area contributed by atoms with Gasteiger partial charge < -0.3 is 0 Å². The van der Waals surface area contributed by atoms with Gasteiger partial charge in [0.25, 0.3) is 0 Å². The largest absolute Gasteiger partial charge is 0.264 e. The highest BCUT2D eigenvalue weighted by Crippen LogP contribution is 2.22. The quantitative estimate of drug-likeness (QED) is 0.692. The summed E-state index contributed by atoms with van der Waals surface area (Å²) in [5.74, 6) is 0. The monoisotopic (exact) mass is 243 g/mol. The molecule has 0 amide bonds. The second-order valence-electron chi connectivity index (χ2n) is 3.83. The van der Waals surface area contributed by atoms with Crippen LogP contribution in [0.1, 0.15) is 5.56 Å². The van der Waals surface area contributed by atoms with Crippen LogP contribution in [0, 0.1) is 0 Å². The van der Waals surface area contributed by atoms with E-state index in [0.29, 0.717) is 11.7 Å². The van der Waals surface area contributed by atoms with Crippen molar-refractivity contribution in [3.63, 3.8) is 0 Å². The summed E-state index contributed by atoms with van der Waals surface area (Å²) in [6.45, 7) is 0.682. The molecule has 0 aliphatic rings. The second kappa shape index (κ2) is 4.18. The summed E-state index contributed by atoms with van der Waals surface area (Å²) in [6, 6.07) is 11.9. The zero-order valence-electron chi connectivity index (χ0n) is 9.05. The minimum absolute atomic E-state index is 0.546. The van der Waals surface area contributed by atoms with Gasteiger partial charge in [-0.05, 0) is 23.8 Å². The van der Waals surface area contributed by atoms with E-state index in [0.717, 1.165) is 16.5 Å². The van der Waals surface area contributed by atoms with Gasteiger partial charge in [0.1, 0.15) is 0 Å². The van der Waals surface area contributed by atoms with Gasteiger partial charge in [0.05, 0.1) is 12.1 Å². The fourth-order valence-corrected chi connectivity index (χ4v) is 2.12. The van der Waals surface area contributed by atoms with Gasteiger partial charge in [-0.3, -0.25) is 9.67 Å². The lowest BCUT2D eigenvalue weighted by molar-refractivity contribution is 0.710. The SMILES string of the molecule is Clc1nn(Cc2cccnc2)c2ccccc12. The average Bonchev–Trinajstić information content (AvgIpc) is 2.69. The fourth-order valence-electron chi connectivity index (χ4n) is 1.87. The molecule has 0 unspecified atom stereocenters. The van der Waals surface area contributed by atoms with E-state index in [9.17, 15) is 0 Å². The molecule has 0 bridgehead atoms. The molecular weight excluding hydrogens is 234 g/mol. The molecule has 0 saturated heterocycles. The minimum atomic E-state index is 0.546. The number of nitrogens with zero attached hydrogens (tertiary/aromatic N) is 3. The summed E-state index contributed by atoms with van der Waals surface area (Å²) in [5, 5.41) is 5.87. The second-order valence-corrected chi connectivity index (χ2v) is 4.18. The van der Waals surface area contributed by atoms with Crippen LogP contribution in [0.5, 0.6) is 0 Å². The van der Waals surface area contributed by atoms with Gasteiger partial charge in [0, 0.05) is 17.8 Å². The molecule has 0 N–H and O–H groups in total. The molecule has 2 heterocycles. The first-order valence-electron chi connectivity index (χ1n) is 5.34. The normalized spacial score (nSPS) is 10.9. The minimum Gasteiger partial charge on any atom is -0.264 e. The number of hydrogen-bond donors (Lipinski definition) is 0. The maximum absolute atomic E-state index is 6.10. The van der Waals surface area contributed by atoms with Crippen LogP contribution in [0.3, 0.4) is 0 Å². The maximum Gasteiger partial charge on any atom is 0.158 e. The molecule has 4 heteroatoms. The van der Waals surface area contributed by atoms with Crippen molar-refractivity contribution in [2.75, 3.05) is 0 Å². The van der Waals surface area contributed by atoms with Crippen molar-refractivity contribution in [1.29, 1.82) is 0 Å². The lowest BCUT2D eigenvalue weighted by Crippen LogP contribution is -2.01. The Morgan fingerprint density at radius 2 is 2.00 bits per heavy atom. The van der Waals surface area contributed by atoms with Gasteiger partial charge in [0.15, 0.2) is 5.15 Å². The van der Waals surface area contributed by atoms with E-state index in [4.69, 9.17) is 11.6 Å². The van der Waals surface area contributed by atoms with E-state index in [-0.39, 0.29) is 0 Å². The van der Waals surface area contributed by atoms with Crippen LogP contribution in [0.2, 0.25) is 5.15 Å². The van der Waals surface area contributed by atoms with E-state index in [1.165, 1.54) is 0 Å². The average molecular weight is 244 g/mol. The fraction of sp³-hybridized carbons (Fsp3) is 0.0769. The Balaban J connectivity index is 2.07. The third-order valence-electron chi connectivity index (χ3n) is 2.67. The van der Waals surface area contributed by atoms with E-state index in [1.807, 2.05) is 47.3 Å². The van der Waals surface area contributed by atoms with Crippen LogP contribution >= 0.6 is 11.6 Å². The highest BCUT2D eigenvalue weighted by molar-refractivity contribution is 6.34. The summed E-state index contributed by atoms with van der Waals surface area (Å²) in [6.07, 6.45) is 3.60. The molecule has 0 spiro atoms. The number of benzene rings is 1. The number of pyridine rings is 1. The van der Waals surface area contributed by atoms with Crippen LogP contribution in [-0.4, -0.2) is 14.8 Å². The van der Waals surface area contributed by atoms with Gasteiger partial charge in [-0.1, -0.05) is 29.8 Å². The molecule has 0 saturated carbocycles. The number of halogens is 1. The van der Waals surface area contributed by atoms with Crippen LogP contribution in [0.25, 0.3) is 10.9 Å². The summed E-state index contributed by atoms with van der Waals surface area (Å²) < 4.78 is 1.90. The number of para-hydroxylation sites is 1. The Morgan fingerprint density at radius 1 is 1.12 bits per heavy atom. The molecule has 84 valence electrons. The molecule has 3 rings (SSSR count). The Bertz CT molecular complexity index is 646. The van der Waals surface area contributed by atoms with Crippen LogP contribution < -0.4 is 0 Å². The lowest BCUT2D eigenvalue weighted by atomic mass is 10.2. The zero-order valence-corrected chi connectivity index (χ0v) is 9.80. The molecular formula is C13H10ClN3. The molecule has 0 atom stereocenters. The highest BCUT2D eigenvalue weighted by atomic mass is 35.5. The van der Waals surface area contributed by atoms with Crippen molar-refractivity contribution in [2.24, 2.45) is 0 Å². The topological polar surface area (TPSA) is 30.7 Å². The summed E-state index contributed by atoms with van der Waals surface area (Å²) >= 11 is 6.10. The number of aromatic nitrogens is 3. The first-order chi connectivity index (χ1) is 8.34. The van der Waals surface area contributed by atoms with E-state index >= 15 is 0 Å². The van der Waals surface area contributed by atoms with Crippen molar-refractivity contribution < 1.29 is 0 Å². The highest BCUT2D eigenvalue weighted by Gasteiger charge is 2.07. The first-order valence-corrected chi connectivity index (χ1v) is 5.72. The molecule has 2 aromatic heterocycles. The number of rotatable bonds is 2. The Hall–Kier alpha value is -1.87. The van der Waals surface area contributed by atoms with Crippen LogP contribution in [0.15, 0.2) is 48.8 Å². The van der Waals surface area contributed by atoms with Crippen LogP contribution in [-0.2, 0) is 6.54 Å². The smallest absolute Gasteiger partial charge is 0.158 e. The number of fused-ring (bicyclic) bond motifs is 1. The summed E-state index contributed by atoms with van der Waals surface area (Å²) in [5.41, 5.74) is 2.15. The molecule has 3 aromatic rings. The van der Waals surface area contributed by atoms with E-state index in [1.54, 1.807) is 6.20 Å². The zero-order chi connectivity index (χ0) is 11.7. The standard InChI is InChI=1S/C13H10ClN3/c14-13-11-5-1-2-6-12(11)17(16-13)9-10-4-3-7-15-8-10/h1-8H,9H2.